The van der Waals surface area contributed by atoms with Gasteiger partial charge in [0.25, 0.3) is 0 Å². The number of ketones is 1. The standard InChI is InChI=1S/C17H18O4/c1-11(2)21-14-8-9-15(16(18)10-14)17(19)12-4-6-13(20-3)7-5-12/h4-11,18H,1-3H3. The molecule has 0 aromatic heterocycles. The van der Waals surface area contributed by atoms with E-state index < -0.39 is 0 Å². The van der Waals surface area contributed by atoms with Crippen LogP contribution in [0.1, 0.15) is 29.8 Å². The molecule has 4 heteroatoms. The average Bonchev–Trinajstić information content (AvgIpc) is 2.46. The number of phenols is 1. The van der Waals surface area contributed by atoms with Gasteiger partial charge in [-0.1, -0.05) is 0 Å². The lowest BCUT2D eigenvalue weighted by Gasteiger charge is -2.11. The van der Waals surface area contributed by atoms with Crippen LogP contribution in [0, 0.1) is 0 Å². The highest BCUT2D eigenvalue weighted by molar-refractivity contribution is 6.10. The maximum absolute atomic E-state index is 12.4. The van der Waals surface area contributed by atoms with Gasteiger partial charge in [0.2, 0.25) is 0 Å². The van der Waals surface area contributed by atoms with Crippen molar-refractivity contribution in [2.75, 3.05) is 7.11 Å². The maximum Gasteiger partial charge on any atom is 0.196 e. The van der Waals surface area contributed by atoms with E-state index in [-0.39, 0.29) is 23.2 Å². The number of rotatable bonds is 5. The molecule has 1 N–H and O–H groups in total. The Kier molecular flexibility index (Phi) is 4.48. The van der Waals surface area contributed by atoms with E-state index in [0.29, 0.717) is 17.1 Å². The van der Waals surface area contributed by atoms with Crippen LogP contribution in [0.2, 0.25) is 0 Å². The van der Waals surface area contributed by atoms with Crippen LogP contribution in [0.15, 0.2) is 42.5 Å². The van der Waals surface area contributed by atoms with Gasteiger partial charge in [0, 0.05) is 11.6 Å². The summed E-state index contributed by atoms with van der Waals surface area (Å²) < 4.78 is 10.5. The van der Waals surface area contributed by atoms with E-state index in [1.165, 1.54) is 6.07 Å². The predicted molar refractivity (Wildman–Crippen MR) is 80.3 cm³/mol. The van der Waals surface area contributed by atoms with Crippen molar-refractivity contribution in [2.24, 2.45) is 0 Å². The van der Waals surface area contributed by atoms with Gasteiger partial charge in [-0.3, -0.25) is 4.79 Å². The van der Waals surface area contributed by atoms with Gasteiger partial charge in [-0.05, 0) is 50.2 Å². The fourth-order valence-electron chi connectivity index (χ4n) is 1.95. The zero-order chi connectivity index (χ0) is 15.4. The van der Waals surface area contributed by atoms with Gasteiger partial charge in [-0.15, -0.1) is 0 Å². The zero-order valence-electron chi connectivity index (χ0n) is 12.3. The minimum atomic E-state index is -0.244. The summed E-state index contributed by atoms with van der Waals surface area (Å²) in [4.78, 5) is 12.4. The summed E-state index contributed by atoms with van der Waals surface area (Å²) in [5.41, 5.74) is 0.736. The molecule has 0 aliphatic heterocycles. The number of methoxy groups -OCH3 is 1. The second-order valence-electron chi connectivity index (χ2n) is 4.90. The van der Waals surface area contributed by atoms with Gasteiger partial charge in [0.15, 0.2) is 5.78 Å². The molecule has 0 fully saturated rings. The number of phenolic OH excluding ortho intramolecular Hbond substituents is 1. The van der Waals surface area contributed by atoms with Crippen LogP contribution >= 0.6 is 0 Å². The van der Waals surface area contributed by atoms with E-state index in [9.17, 15) is 9.90 Å². The molecule has 0 atom stereocenters. The fraction of sp³-hybridized carbons (Fsp3) is 0.235. The Bertz CT molecular complexity index is 630. The molecule has 0 aliphatic carbocycles. The van der Waals surface area contributed by atoms with Crippen LogP contribution in [-0.4, -0.2) is 24.1 Å². The summed E-state index contributed by atoms with van der Waals surface area (Å²) in [6, 6.07) is 11.5. The second kappa shape index (κ2) is 6.31. The van der Waals surface area contributed by atoms with Crippen molar-refractivity contribution in [1.82, 2.24) is 0 Å². The quantitative estimate of drug-likeness (QED) is 0.856. The van der Waals surface area contributed by atoms with Crippen LogP contribution in [0.25, 0.3) is 0 Å². The van der Waals surface area contributed by atoms with Gasteiger partial charge in [0.1, 0.15) is 17.2 Å². The molecular weight excluding hydrogens is 268 g/mol. The number of hydrogen-bond donors (Lipinski definition) is 1. The number of carbonyl (C=O) groups is 1. The van der Waals surface area contributed by atoms with Crippen molar-refractivity contribution >= 4 is 5.78 Å². The first-order chi connectivity index (χ1) is 10.0. The lowest BCUT2D eigenvalue weighted by atomic mass is 10.0. The molecule has 0 saturated heterocycles. The maximum atomic E-state index is 12.4. The van der Waals surface area contributed by atoms with Crippen LogP contribution in [-0.2, 0) is 0 Å². The molecule has 4 nitrogen and oxygen atoms in total. The highest BCUT2D eigenvalue weighted by Crippen LogP contribution is 2.27. The van der Waals surface area contributed by atoms with Crippen molar-refractivity contribution in [3.63, 3.8) is 0 Å². The summed E-state index contributed by atoms with van der Waals surface area (Å²) in [6.07, 6.45) is 0.00698. The van der Waals surface area contributed by atoms with E-state index >= 15 is 0 Å². The molecule has 2 rings (SSSR count). The SMILES string of the molecule is COc1ccc(C(=O)c2ccc(OC(C)C)cc2O)cc1. The first-order valence-corrected chi connectivity index (χ1v) is 6.69. The highest BCUT2D eigenvalue weighted by atomic mass is 16.5. The van der Waals surface area contributed by atoms with Gasteiger partial charge in [0.05, 0.1) is 18.8 Å². The Balaban J connectivity index is 2.26. The molecular formula is C17H18O4. The first kappa shape index (κ1) is 14.9. The van der Waals surface area contributed by atoms with Crippen molar-refractivity contribution in [1.29, 1.82) is 0 Å². The number of ether oxygens (including phenoxy) is 2. The first-order valence-electron chi connectivity index (χ1n) is 6.69. The molecule has 0 radical (unpaired) electrons. The van der Waals surface area contributed by atoms with E-state index in [0.717, 1.165) is 0 Å². The predicted octanol–water partition coefficient (Wildman–Crippen LogP) is 3.42. The molecule has 0 heterocycles. The summed E-state index contributed by atoms with van der Waals surface area (Å²) in [7, 11) is 1.57. The molecule has 21 heavy (non-hydrogen) atoms. The third kappa shape index (κ3) is 3.54. The molecule has 0 unspecified atom stereocenters. The molecule has 110 valence electrons. The third-order valence-corrected chi connectivity index (χ3v) is 2.94. The van der Waals surface area contributed by atoms with Crippen LogP contribution in [0.4, 0.5) is 0 Å². The Labute approximate surface area is 123 Å². The number of carbonyl (C=O) groups excluding carboxylic acids is 1. The Morgan fingerprint density at radius 2 is 1.67 bits per heavy atom. The summed E-state index contributed by atoms with van der Waals surface area (Å²) in [5, 5.41) is 10.0. The Morgan fingerprint density at radius 1 is 1.05 bits per heavy atom. The van der Waals surface area contributed by atoms with E-state index in [2.05, 4.69) is 0 Å². The molecule has 0 saturated carbocycles. The van der Waals surface area contributed by atoms with Crippen LogP contribution in [0.5, 0.6) is 17.2 Å². The molecule has 0 spiro atoms. The summed E-state index contributed by atoms with van der Waals surface area (Å²) in [5.74, 6) is 0.880. The largest absolute Gasteiger partial charge is 0.507 e. The number of aromatic hydroxyl groups is 1. The lowest BCUT2D eigenvalue weighted by molar-refractivity contribution is 0.103. The van der Waals surface area contributed by atoms with Crippen molar-refractivity contribution in [2.45, 2.75) is 20.0 Å². The Hall–Kier alpha value is -2.49. The second-order valence-corrected chi connectivity index (χ2v) is 4.90. The van der Waals surface area contributed by atoms with Gasteiger partial charge >= 0.3 is 0 Å². The summed E-state index contributed by atoms with van der Waals surface area (Å²) >= 11 is 0. The van der Waals surface area contributed by atoms with E-state index in [1.807, 2.05) is 13.8 Å². The van der Waals surface area contributed by atoms with Gasteiger partial charge in [-0.25, -0.2) is 0 Å². The molecule has 0 bridgehead atoms. The average molecular weight is 286 g/mol. The molecule has 0 aliphatic rings. The fourth-order valence-corrected chi connectivity index (χ4v) is 1.95. The van der Waals surface area contributed by atoms with E-state index in [1.54, 1.807) is 43.5 Å². The lowest BCUT2D eigenvalue weighted by Crippen LogP contribution is -2.06. The minimum absolute atomic E-state index is 0.00698. The zero-order valence-corrected chi connectivity index (χ0v) is 12.3. The molecule has 0 amide bonds. The normalized spacial score (nSPS) is 10.5. The van der Waals surface area contributed by atoms with E-state index in [4.69, 9.17) is 9.47 Å². The van der Waals surface area contributed by atoms with Gasteiger partial charge < -0.3 is 14.6 Å². The van der Waals surface area contributed by atoms with Crippen molar-refractivity contribution in [3.8, 4) is 17.2 Å². The highest BCUT2D eigenvalue weighted by Gasteiger charge is 2.14. The van der Waals surface area contributed by atoms with Crippen LogP contribution in [0.3, 0.4) is 0 Å². The van der Waals surface area contributed by atoms with Gasteiger partial charge in [-0.2, -0.15) is 0 Å². The molecule has 2 aromatic carbocycles. The monoisotopic (exact) mass is 286 g/mol. The number of hydrogen-bond acceptors (Lipinski definition) is 4. The molecule has 2 aromatic rings. The third-order valence-electron chi connectivity index (χ3n) is 2.94. The van der Waals surface area contributed by atoms with Crippen molar-refractivity contribution < 1.29 is 19.4 Å². The van der Waals surface area contributed by atoms with Crippen LogP contribution < -0.4 is 9.47 Å². The Morgan fingerprint density at radius 3 is 2.19 bits per heavy atom. The summed E-state index contributed by atoms with van der Waals surface area (Å²) in [6.45, 7) is 3.79. The smallest absolute Gasteiger partial charge is 0.196 e. The minimum Gasteiger partial charge on any atom is -0.507 e. The topological polar surface area (TPSA) is 55.8 Å². The number of benzene rings is 2. The van der Waals surface area contributed by atoms with Crippen molar-refractivity contribution in [3.05, 3.63) is 53.6 Å².